The number of nitrogens with zero attached hydrogens (tertiary/aromatic N) is 2. The van der Waals surface area contributed by atoms with Crippen molar-refractivity contribution in [2.24, 2.45) is 5.41 Å². The number of pyridine rings is 1. The molecule has 1 atom stereocenters. The number of imidazole rings is 1. The maximum absolute atomic E-state index is 5.50. The van der Waals surface area contributed by atoms with Crippen molar-refractivity contribution >= 4 is 23.4 Å². The van der Waals surface area contributed by atoms with E-state index in [1.165, 1.54) is 12.8 Å². The summed E-state index contributed by atoms with van der Waals surface area (Å²) in [5.74, 6) is 0.631. The first kappa shape index (κ1) is 12.7. The second-order valence-electron chi connectivity index (χ2n) is 5.92. The quantitative estimate of drug-likeness (QED) is 0.848. The standard InChI is InChI=1S/C14H19N3OS/c1-14(2)8-4-5-10(14)17-12-9(15-13(17)19)6-7-11(16-12)18-3/h6-7,10H,4-5,8H2,1-3H3,(H,15,19). The molecule has 3 rings (SSSR count). The van der Waals surface area contributed by atoms with E-state index in [1.807, 2.05) is 12.1 Å². The molecule has 19 heavy (non-hydrogen) atoms. The average molecular weight is 277 g/mol. The van der Waals surface area contributed by atoms with Crippen LogP contribution in [0, 0.1) is 10.2 Å². The normalized spacial score (nSPS) is 21.9. The summed E-state index contributed by atoms with van der Waals surface area (Å²) < 4.78 is 8.17. The summed E-state index contributed by atoms with van der Waals surface area (Å²) in [6, 6.07) is 4.25. The number of hydrogen-bond acceptors (Lipinski definition) is 3. The van der Waals surface area contributed by atoms with Crippen LogP contribution in [-0.2, 0) is 0 Å². The second-order valence-corrected chi connectivity index (χ2v) is 6.31. The molecule has 1 N–H and O–H groups in total. The van der Waals surface area contributed by atoms with Gasteiger partial charge in [-0.05, 0) is 36.5 Å². The lowest BCUT2D eigenvalue weighted by Gasteiger charge is -2.28. The fourth-order valence-electron chi connectivity index (χ4n) is 3.17. The van der Waals surface area contributed by atoms with Gasteiger partial charge in [0.05, 0.1) is 12.6 Å². The molecule has 2 aromatic heterocycles. The van der Waals surface area contributed by atoms with E-state index < -0.39 is 0 Å². The molecular formula is C14H19N3OS. The predicted octanol–water partition coefficient (Wildman–Crippen LogP) is 3.85. The summed E-state index contributed by atoms with van der Waals surface area (Å²) in [4.78, 5) is 7.82. The summed E-state index contributed by atoms with van der Waals surface area (Å²) in [5, 5.41) is 0. The number of fused-ring (bicyclic) bond motifs is 1. The van der Waals surface area contributed by atoms with Crippen molar-refractivity contribution in [2.75, 3.05) is 7.11 Å². The van der Waals surface area contributed by atoms with E-state index in [1.54, 1.807) is 7.11 Å². The molecule has 0 saturated heterocycles. The molecule has 102 valence electrons. The zero-order valence-corrected chi connectivity index (χ0v) is 12.4. The molecule has 0 aromatic carbocycles. The largest absolute Gasteiger partial charge is 0.481 e. The van der Waals surface area contributed by atoms with Gasteiger partial charge in [-0.2, -0.15) is 4.98 Å². The molecule has 1 fully saturated rings. The smallest absolute Gasteiger partial charge is 0.215 e. The van der Waals surface area contributed by atoms with Crippen molar-refractivity contribution < 1.29 is 4.74 Å². The van der Waals surface area contributed by atoms with E-state index in [0.717, 1.165) is 22.4 Å². The van der Waals surface area contributed by atoms with Crippen molar-refractivity contribution in [2.45, 2.75) is 39.2 Å². The summed E-state index contributed by atoms with van der Waals surface area (Å²) in [5.41, 5.74) is 2.15. The van der Waals surface area contributed by atoms with Gasteiger partial charge in [-0.1, -0.05) is 20.3 Å². The Morgan fingerprint density at radius 2 is 2.26 bits per heavy atom. The van der Waals surface area contributed by atoms with Crippen molar-refractivity contribution in [3.05, 3.63) is 16.9 Å². The molecular weight excluding hydrogens is 258 g/mol. The van der Waals surface area contributed by atoms with Crippen molar-refractivity contribution in [3.8, 4) is 5.88 Å². The van der Waals surface area contributed by atoms with Gasteiger partial charge in [-0.3, -0.25) is 4.57 Å². The first-order valence-electron chi connectivity index (χ1n) is 6.68. The molecule has 1 saturated carbocycles. The monoisotopic (exact) mass is 277 g/mol. The Kier molecular flexibility index (Phi) is 2.89. The van der Waals surface area contributed by atoms with E-state index in [2.05, 4.69) is 28.4 Å². The minimum atomic E-state index is 0.262. The molecule has 0 radical (unpaired) electrons. The third-order valence-corrected chi connectivity index (χ3v) is 4.56. The van der Waals surface area contributed by atoms with Crippen LogP contribution in [0.25, 0.3) is 11.2 Å². The van der Waals surface area contributed by atoms with Crippen LogP contribution in [0.15, 0.2) is 12.1 Å². The fraction of sp³-hybridized carbons (Fsp3) is 0.571. The summed E-state index contributed by atoms with van der Waals surface area (Å²) in [6.07, 6.45) is 3.64. The highest BCUT2D eigenvalue weighted by Crippen LogP contribution is 2.46. The molecule has 2 aromatic rings. The third kappa shape index (κ3) is 1.96. The van der Waals surface area contributed by atoms with Gasteiger partial charge in [0.25, 0.3) is 0 Å². The van der Waals surface area contributed by atoms with Crippen LogP contribution in [0.4, 0.5) is 0 Å². The molecule has 1 unspecified atom stereocenters. The summed E-state index contributed by atoms with van der Waals surface area (Å²) in [6.45, 7) is 4.62. The highest BCUT2D eigenvalue weighted by Gasteiger charge is 2.37. The molecule has 0 aliphatic heterocycles. The molecule has 2 heterocycles. The number of ether oxygens (including phenoxy) is 1. The lowest BCUT2D eigenvalue weighted by molar-refractivity contribution is 0.262. The van der Waals surface area contributed by atoms with Crippen LogP contribution in [0.3, 0.4) is 0 Å². The van der Waals surface area contributed by atoms with Gasteiger partial charge >= 0.3 is 0 Å². The lowest BCUT2D eigenvalue weighted by Crippen LogP contribution is -2.21. The summed E-state index contributed by atoms with van der Waals surface area (Å²) in [7, 11) is 1.64. The van der Waals surface area contributed by atoms with E-state index >= 15 is 0 Å². The van der Waals surface area contributed by atoms with Gasteiger partial charge < -0.3 is 9.72 Å². The maximum atomic E-state index is 5.50. The number of nitrogens with one attached hydrogen (secondary N) is 1. The maximum Gasteiger partial charge on any atom is 0.215 e. The molecule has 4 nitrogen and oxygen atoms in total. The molecule has 0 amide bonds. The van der Waals surface area contributed by atoms with Crippen LogP contribution in [-0.4, -0.2) is 21.6 Å². The first-order valence-corrected chi connectivity index (χ1v) is 7.09. The van der Waals surface area contributed by atoms with Gasteiger partial charge in [-0.25, -0.2) is 0 Å². The van der Waals surface area contributed by atoms with Crippen LogP contribution in [0.2, 0.25) is 0 Å². The minimum absolute atomic E-state index is 0.262. The van der Waals surface area contributed by atoms with Crippen molar-refractivity contribution in [3.63, 3.8) is 0 Å². The van der Waals surface area contributed by atoms with Crippen molar-refractivity contribution in [1.29, 1.82) is 0 Å². The van der Waals surface area contributed by atoms with E-state index in [0.29, 0.717) is 11.9 Å². The SMILES string of the molecule is COc1ccc2[nH]c(=S)n(C3CCCC3(C)C)c2n1. The van der Waals surface area contributed by atoms with Gasteiger partial charge in [0, 0.05) is 12.1 Å². The topological polar surface area (TPSA) is 42.8 Å². The Balaban J connectivity index is 2.22. The Bertz CT molecular complexity index is 671. The van der Waals surface area contributed by atoms with Crippen LogP contribution in [0.1, 0.15) is 39.2 Å². The van der Waals surface area contributed by atoms with E-state index in [-0.39, 0.29) is 5.41 Å². The highest BCUT2D eigenvalue weighted by molar-refractivity contribution is 7.71. The van der Waals surface area contributed by atoms with Crippen LogP contribution >= 0.6 is 12.2 Å². The van der Waals surface area contributed by atoms with Gasteiger partial charge in [0.1, 0.15) is 0 Å². The number of hydrogen-bond donors (Lipinski definition) is 1. The van der Waals surface area contributed by atoms with Gasteiger partial charge in [0.2, 0.25) is 5.88 Å². The predicted molar refractivity (Wildman–Crippen MR) is 78.1 cm³/mol. The zero-order chi connectivity index (χ0) is 13.6. The molecule has 1 aliphatic rings. The van der Waals surface area contributed by atoms with Gasteiger partial charge in [0.15, 0.2) is 10.4 Å². The Labute approximate surface area is 117 Å². The Morgan fingerprint density at radius 3 is 2.89 bits per heavy atom. The number of H-pyrrole nitrogens is 1. The van der Waals surface area contributed by atoms with Gasteiger partial charge in [-0.15, -0.1) is 0 Å². The van der Waals surface area contributed by atoms with Crippen molar-refractivity contribution in [1.82, 2.24) is 14.5 Å². The number of aromatic nitrogens is 3. The Morgan fingerprint density at radius 1 is 1.47 bits per heavy atom. The molecule has 0 spiro atoms. The second kappa shape index (κ2) is 4.34. The molecule has 1 aliphatic carbocycles. The number of aromatic amines is 1. The molecule has 0 bridgehead atoms. The first-order chi connectivity index (χ1) is 9.03. The van der Waals surface area contributed by atoms with Crippen LogP contribution < -0.4 is 4.74 Å². The minimum Gasteiger partial charge on any atom is -0.481 e. The highest BCUT2D eigenvalue weighted by atomic mass is 32.1. The third-order valence-electron chi connectivity index (χ3n) is 4.26. The zero-order valence-electron chi connectivity index (χ0n) is 11.6. The lowest BCUT2D eigenvalue weighted by atomic mass is 9.87. The summed E-state index contributed by atoms with van der Waals surface area (Å²) >= 11 is 5.50. The average Bonchev–Trinajstić information content (AvgIpc) is 2.86. The van der Waals surface area contributed by atoms with Crippen LogP contribution in [0.5, 0.6) is 5.88 Å². The molecule has 5 heteroatoms. The number of methoxy groups -OCH3 is 1. The van der Waals surface area contributed by atoms with E-state index in [9.17, 15) is 0 Å². The number of rotatable bonds is 2. The fourth-order valence-corrected chi connectivity index (χ4v) is 3.50. The Hall–Kier alpha value is -1.36. The van der Waals surface area contributed by atoms with E-state index in [4.69, 9.17) is 17.0 Å².